The molecule has 0 aromatic heterocycles. The maximum atomic E-state index is 12.7. The maximum Gasteiger partial charge on any atom is 0.321 e. The van der Waals surface area contributed by atoms with Crippen LogP contribution in [0.5, 0.6) is 0 Å². The molecule has 0 saturated carbocycles. The van der Waals surface area contributed by atoms with Crippen LogP contribution in [0.25, 0.3) is 0 Å². The Morgan fingerprint density at radius 1 is 1.40 bits per heavy atom. The summed E-state index contributed by atoms with van der Waals surface area (Å²) >= 11 is 0. The molecule has 2 atom stereocenters. The Hall–Kier alpha value is -2.41. The molecule has 0 aliphatic carbocycles. The summed E-state index contributed by atoms with van der Waals surface area (Å²) in [7, 11) is 0. The molecule has 1 amide bonds. The summed E-state index contributed by atoms with van der Waals surface area (Å²) in [6.07, 6.45) is 0. The van der Waals surface area contributed by atoms with Crippen molar-refractivity contribution in [2.45, 2.75) is 19.9 Å². The lowest BCUT2D eigenvalue weighted by molar-refractivity contribution is -0.153. The molecular formula is C18H23N3O4. The van der Waals surface area contributed by atoms with Gasteiger partial charge in [0, 0.05) is 13.1 Å². The Labute approximate surface area is 147 Å². The van der Waals surface area contributed by atoms with Crippen LogP contribution >= 0.6 is 0 Å². The molecule has 1 N–H and O–H groups in total. The Kier molecular flexibility index (Phi) is 5.33. The lowest BCUT2D eigenvalue weighted by Gasteiger charge is -2.35. The van der Waals surface area contributed by atoms with Gasteiger partial charge in [-0.1, -0.05) is 29.8 Å². The molecule has 7 nitrogen and oxygen atoms in total. The van der Waals surface area contributed by atoms with E-state index in [4.69, 9.17) is 14.5 Å². The van der Waals surface area contributed by atoms with E-state index in [0.29, 0.717) is 32.3 Å². The van der Waals surface area contributed by atoms with E-state index in [0.717, 1.165) is 11.1 Å². The Morgan fingerprint density at radius 2 is 2.16 bits per heavy atom. The lowest BCUT2D eigenvalue weighted by atomic mass is 9.90. The number of nitrogens with zero attached hydrogens (tertiary/aromatic N) is 2. The molecule has 0 radical (unpaired) electrons. The van der Waals surface area contributed by atoms with Gasteiger partial charge in [-0.2, -0.15) is 0 Å². The number of amides is 1. The third kappa shape index (κ3) is 3.82. The van der Waals surface area contributed by atoms with Gasteiger partial charge in [-0.05, 0) is 19.4 Å². The van der Waals surface area contributed by atoms with Crippen molar-refractivity contribution in [2.75, 3.05) is 32.9 Å². The highest BCUT2D eigenvalue weighted by Crippen LogP contribution is 2.31. The van der Waals surface area contributed by atoms with E-state index in [1.807, 2.05) is 36.1 Å². The summed E-state index contributed by atoms with van der Waals surface area (Å²) < 4.78 is 10.5. The van der Waals surface area contributed by atoms with Gasteiger partial charge in [0.25, 0.3) is 0 Å². The number of hydrogen-bond acceptors (Lipinski definition) is 6. The molecule has 0 bridgehead atoms. The Bertz CT molecular complexity index is 683. The molecule has 1 saturated heterocycles. The van der Waals surface area contributed by atoms with Gasteiger partial charge in [-0.3, -0.25) is 14.9 Å². The number of aliphatic imine (C=N–C) groups is 1. The van der Waals surface area contributed by atoms with Crippen LogP contribution in [-0.2, 0) is 19.1 Å². The van der Waals surface area contributed by atoms with Crippen molar-refractivity contribution in [3.63, 3.8) is 0 Å². The number of esters is 1. The standard InChI is InChI=1S/C18H23N3O4/c1-3-25-17(23)14-15(13-6-4-5-12(2)11-13)19-18(20-16(14)22)21-7-9-24-10-8-21/h4-6,11,14-15H,3,7-10H2,1-2H3,(H,19,20,22)/t14-,15-/m1/s1. The first kappa shape index (κ1) is 17.4. The minimum absolute atomic E-state index is 0.225. The van der Waals surface area contributed by atoms with E-state index in [9.17, 15) is 9.59 Å². The van der Waals surface area contributed by atoms with Crippen LogP contribution in [0.15, 0.2) is 29.3 Å². The van der Waals surface area contributed by atoms with Gasteiger partial charge in [0.15, 0.2) is 5.92 Å². The van der Waals surface area contributed by atoms with Crippen LogP contribution in [0.3, 0.4) is 0 Å². The summed E-state index contributed by atoms with van der Waals surface area (Å²) in [4.78, 5) is 31.7. The maximum absolute atomic E-state index is 12.7. The SMILES string of the molecule is CCOC(=O)[C@H]1C(=O)NC(N2CCOCC2)=N[C@@H]1c1cccc(C)c1. The Balaban J connectivity index is 1.97. The number of aryl methyl sites for hydroxylation is 1. The minimum atomic E-state index is -0.980. The van der Waals surface area contributed by atoms with Gasteiger partial charge in [0.05, 0.1) is 19.8 Å². The molecule has 134 valence electrons. The van der Waals surface area contributed by atoms with Gasteiger partial charge in [0.2, 0.25) is 11.9 Å². The molecular weight excluding hydrogens is 322 g/mol. The van der Waals surface area contributed by atoms with Crippen LogP contribution in [-0.4, -0.2) is 55.6 Å². The normalized spacial score (nSPS) is 23.7. The molecule has 1 aromatic carbocycles. The first-order chi connectivity index (χ1) is 12.1. The monoisotopic (exact) mass is 345 g/mol. The quantitative estimate of drug-likeness (QED) is 0.654. The summed E-state index contributed by atoms with van der Waals surface area (Å²) in [5.74, 6) is -1.40. The zero-order valence-electron chi connectivity index (χ0n) is 14.5. The van der Waals surface area contributed by atoms with E-state index >= 15 is 0 Å². The third-order valence-electron chi connectivity index (χ3n) is 4.33. The predicted octanol–water partition coefficient (Wildman–Crippen LogP) is 1.03. The number of rotatable bonds is 3. The molecule has 3 rings (SSSR count). The topological polar surface area (TPSA) is 80.2 Å². The van der Waals surface area contributed by atoms with Crippen molar-refractivity contribution in [3.8, 4) is 0 Å². The van der Waals surface area contributed by atoms with Crippen LogP contribution in [0.4, 0.5) is 0 Å². The molecule has 0 unspecified atom stereocenters. The second kappa shape index (κ2) is 7.65. The number of benzene rings is 1. The summed E-state index contributed by atoms with van der Waals surface area (Å²) in [6, 6.07) is 7.13. The number of nitrogens with one attached hydrogen (secondary N) is 1. The number of morpholine rings is 1. The molecule has 2 aliphatic heterocycles. The fraction of sp³-hybridized carbons (Fsp3) is 0.500. The smallest absolute Gasteiger partial charge is 0.321 e. The van der Waals surface area contributed by atoms with Crippen molar-refractivity contribution < 1.29 is 19.1 Å². The number of ether oxygens (including phenoxy) is 2. The van der Waals surface area contributed by atoms with Gasteiger partial charge < -0.3 is 14.4 Å². The average molecular weight is 345 g/mol. The zero-order valence-corrected chi connectivity index (χ0v) is 14.5. The minimum Gasteiger partial charge on any atom is -0.465 e. The van der Waals surface area contributed by atoms with Crippen LogP contribution in [0.2, 0.25) is 0 Å². The van der Waals surface area contributed by atoms with Crippen LogP contribution in [0, 0.1) is 12.8 Å². The number of carbonyl (C=O) groups is 2. The highest BCUT2D eigenvalue weighted by molar-refractivity contribution is 6.08. The molecule has 2 heterocycles. The van der Waals surface area contributed by atoms with Crippen molar-refractivity contribution in [1.82, 2.24) is 10.2 Å². The largest absolute Gasteiger partial charge is 0.465 e. The lowest BCUT2D eigenvalue weighted by Crippen LogP contribution is -2.55. The fourth-order valence-corrected chi connectivity index (χ4v) is 3.09. The highest BCUT2D eigenvalue weighted by atomic mass is 16.5. The number of carbonyl (C=O) groups excluding carboxylic acids is 2. The van der Waals surface area contributed by atoms with Crippen molar-refractivity contribution in [2.24, 2.45) is 10.9 Å². The van der Waals surface area contributed by atoms with Crippen LogP contribution < -0.4 is 5.32 Å². The Morgan fingerprint density at radius 3 is 2.84 bits per heavy atom. The highest BCUT2D eigenvalue weighted by Gasteiger charge is 2.42. The summed E-state index contributed by atoms with van der Waals surface area (Å²) in [5, 5.41) is 2.77. The van der Waals surface area contributed by atoms with E-state index in [1.54, 1.807) is 6.92 Å². The second-order valence-corrected chi connectivity index (χ2v) is 6.13. The van der Waals surface area contributed by atoms with Gasteiger partial charge in [-0.25, -0.2) is 4.99 Å². The third-order valence-corrected chi connectivity index (χ3v) is 4.33. The van der Waals surface area contributed by atoms with Crippen molar-refractivity contribution >= 4 is 17.8 Å². The van der Waals surface area contributed by atoms with Crippen LogP contribution in [0.1, 0.15) is 24.1 Å². The summed E-state index contributed by atoms with van der Waals surface area (Å²) in [5.41, 5.74) is 1.88. The van der Waals surface area contributed by atoms with Gasteiger partial charge in [-0.15, -0.1) is 0 Å². The molecule has 2 aliphatic rings. The molecule has 1 fully saturated rings. The van der Waals surface area contributed by atoms with E-state index in [-0.39, 0.29) is 12.5 Å². The molecule has 25 heavy (non-hydrogen) atoms. The van der Waals surface area contributed by atoms with Crippen molar-refractivity contribution in [3.05, 3.63) is 35.4 Å². The molecule has 1 aromatic rings. The second-order valence-electron chi connectivity index (χ2n) is 6.13. The predicted molar refractivity (Wildman–Crippen MR) is 92.0 cm³/mol. The number of guanidine groups is 1. The van der Waals surface area contributed by atoms with E-state index in [2.05, 4.69) is 5.32 Å². The van der Waals surface area contributed by atoms with Gasteiger partial charge >= 0.3 is 5.97 Å². The number of hydrogen-bond donors (Lipinski definition) is 1. The van der Waals surface area contributed by atoms with E-state index < -0.39 is 17.9 Å². The molecule has 0 spiro atoms. The summed E-state index contributed by atoms with van der Waals surface area (Å²) in [6.45, 7) is 6.41. The molecule has 7 heteroatoms. The fourth-order valence-electron chi connectivity index (χ4n) is 3.09. The van der Waals surface area contributed by atoms with Gasteiger partial charge in [0.1, 0.15) is 6.04 Å². The van der Waals surface area contributed by atoms with Crippen molar-refractivity contribution in [1.29, 1.82) is 0 Å². The van der Waals surface area contributed by atoms with E-state index in [1.165, 1.54) is 0 Å². The average Bonchev–Trinajstić information content (AvgIpc) is 2.62. The first-order valence-corrected chi connectivity index (χ1v) is 8.54. The first-order valence-electron chi connectivity index (χ1n) is 8.54. The zero-order chi connectivity index (χ0) is 17.8.